The molecule has 2 rings (SSSR count). The van der Waals surface area contributed by atoms with Gasteiger partial charge in [-0.2, -0.15) is 0 Å². The average Bonchev–Trinajstić information content (AvgIpc) is 3.07. The highest BCUT2D eigenvalue weighted by molar-refractivity contribution is 4.94. The zero-order valence-corrected chi connectivity index (χ0v) is 11.2. The standard InChI is InChI=1S/C13H26N2O2/c1-11(12-3-4-12)15(6-8-16-2)9-13(14)5-7-17-10-13/h11-12H,3-10,14H2,1-2H3. The smallest absolute Gasteiger partial charge is 0.0659 e. The highest BCUT2D eigenvalue weighted by atomic mass is 16.5. The third-order valence-corrected chi connectivity index (χ3v) is 4.11. The Morgan fingerprint density at radius 3 is 2.82 bits per heavy atom. The Morgan fingerprint density at radius 1 is 1.53 bits per heavy atom. The first kappa shape index (κ1) is 13.3. The molecule has 1 saturated carbocycles. The molecule has 1 aliphatic heterocycles. The van der Waals surface area contributed by atoms with Gasteiger partial charge in [0, 0.05) is 32.8 Å². The van der Waals surface area contributed by atoms with Crippen molar-refractivity contribution in [3.63, 3.8) is 0 Å². The Balaban J connectivity index is 1.89. The van der Waals surface area contributed by atoms with Crippen LogP contribution in [0.2, 0.25) is 0 Å². The largest absolute Gasteiger partial charge is 0.383 e. The van der Waals surface area contributed by atoms with Crippen LogP contribution in [0, 0.1) is 5.92 Å². The van der Waals surface area contributed by atoms with E-state index < -0.39 is 0 Å². The summed E-state index contributed by atoms with van der Waals surface area (Å²) < 4.78 is 10.6. The third-order valence-electron chi connectivity index (χ3n) is 4.11. The van der Waals surface area contributed by atoms with Crippen LogP contribution in [-0.2, 0) is 9.47 Å². The quantitative estimate of drug-likeness (QED) is 0.719. The van der Waals surface area contributed by atoms with Crippen molar-refractivity contribution >= 4 is 0 Å². The van der Waals surface area contributed by atoms with Crippen LogP contribution in [0.5, 0.6) is 0 Å². The first-order valence-corrected chi connectivity index (χ1v) is 6.74. The van der Waals surface area contributed by atoms with E-state index in [1.807, 2.05) is 0 Å². The molecule has 17 heavy (non-hydrogen) atoms. The fourth-order valence-electron chi connectivity index (χ4n) is 2.66. The van der Waals surface area contributed by atoms with Crippen LogP contribution in [0.4, 0.5) is 0 Å². The fraction of sp³-hybridized carbons (Fsp3) is 1.00. The number of hydrogen-bond acceptors (Lipinski definition) is 4. The minimum atomic E-state index is -0.142. The van der Waals surface area contributed by atoms with Gasteiger partial charge in [-0.15, -0.1) is 0 Å². The van der Waals surface area contributed by atoms with Crippen LogP contribution < -0.4 is 5.73 Å². The molecule has 2 fully saturated rings. The van der Waals surface area contributed by atoms with Crippen molar-refractivity contribution in [1.29, 1.82) is 0 Å². The second-order valence-electron chi connectivity index (χ2n) is 5.71. The molecule has 0 aromatic heterocycles. The molecule has 0 spiro atoms. The molecule has 0 radical (unpaired) electrons. The van der Waals surface area contributed by atoms with Crippen LogP contribution in [0.25, 0.3) is 0 Å². The molecular formula is C13H26N2O2. The average molecular weight is 242 g/mol. The van der Waals surface area contributed by atoms with E-state index in [0.29, 0.717) is 12.6 Å². The molecule has 2 atom stereocenters. The second-order valence-corrected chi connectivity index (χ2v) is 5.71. The van der Waals surface area contributed by atoms with E-state index >= 15 is 0 Å². The lowest BCUT2D eigenvalue weighted by Gasteiger charge is -2.35. The van der Waals surface area contributed by atoms with E-state index in [-0.39, 0.29) is 5.54 Å². The first-order chi connectivity index (χ1) is 8.14. The van der Waals surface area contributed by atoms with Crippen LogP contribution in [-0.4, -0.2) is 56.5 Å². The highest BCUT2D eigenvalue weighted by Gasteiger charge is 2.37. The fourth-order valence-corrected chi connectivity index (χ4v) is 2.66. The van der Waals surface area contributed by atoms with Gasteiger partial charge < -0.3 is 15.2 Å². The van der Waals surface area contributed by atoms with E-state index in [4.69, 9.17) is 15.2 Å². The SMILES string of the molecule is COCCN(CC1(N)CCOC1)C(C)C1CC1. The summed E-state index contributed by atoms with van der Waals surface area (Å²) >= 11 is 0. The van der Waals surface area contributed by atoms with Gasteiger partial charge in [0.1, 0.15) is 0 Å². The Kier molecular flexibility index (Phi) is 4.42. The summed E-state index contributed by atoms with van der Waals surface area (Å²) in [6.07, 6.45) is 3.73. The maximum atomic E-state index is 6.38. The summed E-state index contributed by atoms with van der Waals surface area (Å²) in [4.78, 5) is 2.50. The number of hydrogen-bond donors (Lipinski definition) is 1. The van der Waals surface area contributed by atoms with Crippen molar-refractivity contribution in [3.8, 4) is 0 Å². The number of nitrogens with zero attached hydrogens (tertiary/aromatic N) is 1. The summed E-state index contributed by atoms with van der Waals surface area (Å²) in [5.74, 6) is 0.873. The lowest BCUT2D eigenvalue weighted by atomic mass is 9.98. The molecular weight excluding hydrogens is 216 g/mol. The molecule has 0 aromatic carbocycles. The van der Waals surface area contributed by atoms with Gasteiger partial charge in [0.25, 0.3) is 0 Å². The highest BCUT2D eigenvalue weighted by Crippen LogP contribution is 2.35. The molecule has 100 valence electrons. The van der Waals surface area contributed by atoms with Crippen LogP contribution >= 0.6 is 0 Å². The Hall–Kier alpha value is -0.160. The first-order valence-electron chi connectivity index (χ1n) is 6.74. The maximum Gasteiger partial charge on any atom is 0.0659 e. The topological polar surface area (TPSA) is 47.7 Å². The van der Waals surface area contributed by atoms with Gasteiger partial charge in [-0.3, -0.25) is 4.90 Å². The van der Waals surface area contributed by atoms with Crippen molar-refractivity contribution in [2.24, 2.45) is 11.7 Å². The van der Waals surface area contributed by atoms with Gasteiger partial charge in [-0.05, 0) is 32.1 Å². The number of ether oxygens (including phenoxy) is 2. The van der Waals surface area contributed by atoms with Crippen LogP contribution in [0.3, 0.4) is 0 Å². The van der Waals surface area contributed by atoms with Crippen molar-refractivity contribution in [2.45, 2.75) is 37.8 Å². The monoisotopic (exact) mass is 242 g/mol. The van der Waals surface area contributed by atoms with Crippen molar-refractivity contribution < 1.29 is 9.47 Å². The number of rotatable bonds is 7. The molecule has 2 unspecified atom stereocenters. The van der Waals surface area contributed by atoms with Gasteiger partial charge in [0.2, 0.25) is 0 Å². The van der Waals surface area contributed by atoms with Crippen LogP contribution in [0.1, 0.15) is 26.2 Å². The van der Waals surface area contributed by atoms with Crippen molar-refractivity contribution in [2.75, 3.05) is 40.0 Å². The van der Waals surface area contributed by atoms with Gasteiger partial charge >= 0.3 is 0 Å². The predicted octanol–water partition coefficient (Wildman–Crippen LogP) is 0.851. The summed E-state index contributed by atoms with van der Waals surface area (Å²) in [6.45, 7) is 6.54. The van der Waals surface area contributed by atoms with Crippen LogP contribution in [0.15, 0.2) is 0 Å². The molecule has 1 saturated heterocycles. The number of nitrogens with two attached hydrogens (primary N) is 1. The summed E-state index contributed by atoms with van der Waals surface area (Å²) in [6, 6.07) is 0.631. The lowest BCUT2D eigenvalue weighted by Crippen LogP contribution is -2.54. The van der Waals surface area contributed by atoms with Gasteiger partial charge in [-0.25, -0.2) is 0 Å². The zero-order chi connectivity index (χ0) is 12.3. The van der Waals surface area contributed by atoms with E-state index in [9.17, 15) is 0 Å². The summed E-state index contributed by atoms with van der Waals surface area (Å²) in [5.41, 5.74) is 6.24. The molecule has 0 aromatic rings. The van der Waals surface area contributed by atoms with Gasteiger partial charge in [0.05, 0.1) is 18.8 Å². The van der Waals surface area contributed by atoms with E-state index in [1.54, 1.807) is 7.11 Å². The third kappa shape index (κ3) is 3.65. The molecule has 4 heteroatoms. The summed E-state index contributed by atoms with van der Waals surface area (Å²) in [5, 5.41) is 0. The van der Waals surface area contributed by atoms with E-state index in [0.717, 1.165) is 38.6 Å². The Labute approximate surface area is 104 Å². The molecule has 1 aliphatic carbocycles. The molecule has 1 heterocycles. The molecule has 2 aliphatic rings. The molecule has 0 bridgehead atoms. The van der Waals surface area contributed by atoms with Gasteiger partial charge in [-0.1, -0.05) is 0 Å². The second kappa shape index (κ2) is 5.65. The Bertz CT molecular complexity index is 238. The Morgan fingerprint density at radius 2 is 2.29 bits per heavy atom. The maximum absolute atomic E-state index is 6.38. The normalized spacial score (nSPS) is 31.1. The molecule has 0 amide bonds. The minimum absolute atomic E-state index is 0.142. The van der Waals surface area contributed by atoms with E-state index in [1.165, 1.54) is 12.8 Å². The van der Waals surface area contributed by atoms with E-state index in [2.05, 4.69) is 11.8 Å². The number of methoxy groups -OCH3 is 1. The van der Waals surface area contributed by atoms with Crippen molar-refractivity contribution in [1.82, 2.24) is 4.90 Å². The molecule has 4 nitrogen and oxygen atoms in total. The molecule has 2 N–H and O–H groups in total. The van der Waals surface area contributed by atoms with Gasteiger partial charge in [0.15, 0.2) is 0 Å². The minimum Gasteiger partial charge on any atom is -0.383 e. The predicted molar refractivity (Wildman–Crippen MR) is 68.0 cm³/mol. The lowest BCUT2D eigenvalue weighted by molar-refractivity contribution is 0.0891. The van der Waals surface area contributed by atoms with Crippen molar-refractivity contribution in [3.05, 3.63) is 0 Å². The zero-order valence-electron chi connectivity index (χ0n) is 11.2. The summed E-state index contributed by atoms with van der Waals surface area (Å²) in [7, 11) is 1.76.